The van der Waals surface area contributed by atoms with E-state index in [4.69, 9.17) is 5.11 Å². The van der Waals surface area contributed by atoms with Gasteiger partial charge < -0.3 is 10.2 Å². The van der Waals surface area contributed by atoms with E-state index in [1.54, 1.807) is 0 Å². The number of thiophene rings is 1. The zero-order valence-electron chi connectivity index (χ0n) is 6.91. The van der Waals surface area contributed by atoms with Gasteiger partial charge in [0.1, 0.15) is 0 Å². The lowest BCUT2D eigenvalue weighted by Gasteiger charge is -2.02. The van der Waals surface area contributed by atoms with Gasteiger partial charge in [0, 0.05) is 10.9 Å². The minimum Gasteiger partial charge on any atom is -0.481 e. The third kappa shape index (κ3) is 2.51. The molecular weight excluding hydrogens is 210 g/mol. The quantitative estimate of drug-likeness (QED) is 0.582. The molecule has 1 aromatic rings. The summed E-state index contributed by atoms with van der Waals surface area (Å²) in [6, 6.07) is 2.60. The Morgan fingerprint density at radius 1 is 1.64 bits per heavy atom. The molecule has 0 spiro atoms. The fourth-order valence-corrected chi connectivity index (χ4v) is 1.69. The van der Waals surface area contributed by atoms with Gasteiger partial charge in [0.15, 0.2) is 0 Å². The Bertz CT molecular complexity index is 361. The van der Waals surface area contributed by atoms with E-state index >= 15 is 0 Å². The monoisotopic (exact) mass is 217 g/mol. The van der Waals surface area contributed by atoms with Gasteiger partial charge >= 0.3 is 11.0 Å². The molecule has 1 rings (SSSR count). The van der Waals surface area contributed by atoms with Crippen molar-refractivity contribution < 1.29 is 19.9 Å². The number of carboxylic acid groups (broad SMARTS) is 1. The molecule has 0 unspecified atom stereocenters. The molecule has 0 fully saturated rings. The SMILES string of the molecule is O=C(O)C[C@H](O)c1ccc([N+](=O)[O-])s1. The van der Waals surface area contributed by atoms with Crippen LogP contribution >= 0.6 is 11.3 Å². The van der Waals surface area contributed by atoms with E-state index in [1.807, 2.05) is 0 Å². The summed E-state index contributed by atoms with van der Waals surface area (Å²) in [7, 11) is 0. The molecule has 1 atom stereocenters. The first-order valence-corrected chi connectivity index (χ1v) is 4.46. The smallest absolute Gasteiger partial charge is 0.324 e. The Balaban J connectivity index is 2.76. The lowest BCUT2D eigenvalue weighted by atomic mass is 10.2. The van der Waals surface area contributed by atoms with Crippen molar-refractivity contribution in [3.63, 3.8) is 0 Å². The van der Waals surface area contributed by atoms with Crippen LogP contribution in [0.2, 0.25) is 0 Å². The van der Waals surface area contributed by atoms with Crippen molar-refractivity contribution in [3.8, 4) is 0 Å². The van der Waals surface area contributed by atoms with Crippen molar-refractivity contribution in [2.45, 2.75) is 12.5 Å². The third-order valence-corrected chi connectivity index (χ3v) is 2.63. The Kier molecular flexibility index (Phi) is 3.15. The molecule has 0 aliphatic heterocycles. The van der Waals surface area contributed by atoms with Gasteiger partial charge in [-0.25, -0.2) is 0 Å². The van der Waals surface area contributed by atoms with Gasteiger partial charge in [-0.05, 0) is 6.07 Å². The summed E-state index contributed by atoms with van der Waals surface area (Å²) in [5, 5.41) is 27.8. The average Bonchev–Trinajstić information content (AvgIpc) is 2.50. The standard InChI is InChI=1S/C7H7NO5S/c9-4(3-7(10)11)5-1-2-6(14-5)8(12)13/h1-2,4,9H,3H2,(H,10,11)/t4-/m0/s1. The number of aliphatic hydroxyl groups is 1. The van der Waals surface area contributed by atoms with Crippen molar-refractivity contribution in [1.82, 2.24) is 0 Å². The van der Waals surface area contributed by atoms with E-state index in [1.165, 1.54) is 12.1 Å². The fourth-order valence-electron chi connectivity index (χ4n) is 0.885. The lowest BCUT2D eigenvalue weighted by molar-refractivity contribution is -0.380. The number of hydrogen-bond acceptors (Lipinski definition) is 5. The Hall–Kier alpha value is -1.47. The van der Waals surface area contributed by atoms with Gasteiger partial charge in [-0.15, -0.1) is 0 Å². The van der Waals surface area contributed by atoms with Crippen LogP contribution in [0.4, 0.5) is 5.00 Å². The summed E-state index contributed by atoms with van der Waals surface area (Å²) in [5.41, 5.74) is 0. The first-order valence-electron chi connectivity index (χ1n) is 3.64. The van der Waals surface area contributed by atoms with Crippen molar-refractivity contribution in [3.05, 3.63) is 27.1 Å². The normalized spacial score (nSPS) is 12.4. The zero-order chi connectivity index (χ0) is 10.7. The van der Waals surface area contributed by atoms with Crippen LogP contribution in [0.5, 0.6) is 0 Å². The molecule has 1 aromatic heterocycles. The Morgan fingerprint density at radius 3 is 2.71 bits per heavy atom. The maximum absolute atomic E-state index is 10.3. The highest BCUT2D eigenvalue weighted by molar-refractivity contribution is 7.15. The van der Waals surface area contributed by atoms with Crippen LogP contribution in [-0.4, -0.2) is 21.1 Å². The minimum absolute atomic E-state index is 0.107. The summed E-state index contributed by atoms with van der Waals surface area (Å²) in [4.78, 5) is 20.2. The number of carbonyl (C=O) groups is 1. The van der Waals surface area contributed by atoms with Crippen molar-refractivity contribution in [1.29, 1.82) is 0 Å². The number of nitro groups is 1. The molecular formula is C7H7NO5S. The number of aliphatic carboxylic acids is 1. The van der Waals surface area contributed by atoms with Crippen LogP contribution < -0.4 is 0 Å². The molecule has 0 aromatic carbocycles. The van der Waals surface area contributed by atoms with E-state index in [-0.39, 0.29) is 5.00 Å². The molecule has 1 heterocycles. The van der Waals surface area contributed by atoms with Gasteiger partial charge in [0.25, 0.3) is 0 Å². The highest BCUT2D eigenvalue weighted by Gasteiger charge is 2.17. The van der Waals surface area contributed by atoms with Crippen molar-refractivity contribution in [2.75, 3.05) is 0 Å². The first-order chi connectivity index (χ1) is 6.50. The number of rotatable bonds is 4. The van der Waals surface area contributed by atoms with E-state index in [0.717, 1.165) is 11.3 Å². The molecule has 7 heteroatoms. The van der Waals surface area contributed by atoms with Crippen LogP contribution in [0.15, 0.2) is 12.1 Å². The van der Waals surface area contributed by atoms with Gasteiger partial charge in [-0.2, -0.15) is 0 Å². The van der Waals surface area contributed by atoms with Crippen LogP contribution in [0.25, 0.3) is 0 Å². The highest BCUT2D eigenvalue weighted by Crippen LogP contribution is 2.30. The predicted octanol–water partition coefficient (Wildman–Crippen LogP) is 1.16. The maximum atomic E-state index is 10.3. The Labute approximate surface area is 82.6 Å². The van der Waals surface area contributed by atoms with Gasteiger partial charge in [0.2, 0.25) is 0 Å². The zero-order valence-corrected chi connectivity index (χ0v) is 7.73. The van der Waals surface area contributed by atoms with Crippen LogP contribution in [0.3, 0.4) is 0 Å². The molecule has 0 saturated heterocycles. The second-order valence-corrected chi connectivity index (χ2v) is 3.64. The fraction of sp³-hybridized carbons (Fsp3) is 0.286. The molecule has 0 aliphatic rings. The minimum atomic E-state index is -1.17. The molecule has 76 valence electrons. The summed E-state index contributed by atoms with van der Waals surface area (Å²) in [6.07, 6.45) is -1.62. The summed E-state index contributed by atoms with van der Waals surface area (Å²) < 4.78 is 0. The molecule has 0 bridgehead atoms. The molecule has 14 heavy (non-hydrogen) atoms. The van der Waals surface area contributed by atoms with Crippen LogP contribution in [0, 0.1) is 10.1 Å². The highest BCUT2D eigenvalue weighted by atomic mass is 32.1. The van der Waals surface area contributed by atoms with Gasteiger partial charge in [-0.1, -0.05) is 11.3 Å². The largest absolute Gasteiger partial charge is 0.481 e. The van der Waals surface area contributed by atoms with Gasteiger partial charge in [-0.3, -0.25) is 14.9 Å². The Morgan fingerprint density at radius 2 is 2.29 bits per heavy atom. The van der Waals surface area contributed by atoms with Crippen molar-refractivity contribution in [2.24, 2.45) is 0 Å². The van der Waals surface area contributed by atoms with Gasteiger partial charge in [0.05, 0.1) is 17.4 Å². The molecule has 0 radical (unpaired) electrons. The number of carboxylic acids is 1. The van der Waals surface area contributed by atoms with E-state index in [0.29, 0.717) is 4.88 Å². The first kappa shape index (κ1) is 10.6. The van der Waals surface area contributed by atoms with Crippen LogP contribution in [-0.2, 0) is 4.79 Å². The van der Waals surface area contributed by atoms with E-state index in [9.17, 15) is 20.0 Å². The van der Waals surface area contributed by atoms with Crippen LogP contribution in [0.1, 0.15) is 17.4 Å². The predicted molar refractivity (Wildman–Crippen MR) is 48.2 cm³/mol. The summed E-state index contributed by atoms with van der Waals surface area (Å²) in [5.74, 6) is -1.14. The maximum Gasteiger partial charge on any atom is 0.324 e. The van der Waals surface area contributed by atoms with E-state index < -0.39 is 23.4 Å². The second-order valence-electron chi connectivity index (χ2n) is 2.55. The lowest BCUT2D eigenvalue weighted by Crippen LogP contribution is -2.03. The molecule has 2 N–H and O–H groups in total. The molecule has 0 saturated carbocycles. The number of nitrogens with zero attached hydrogens (tertiary/aromatic N) is 1. The molecule has 0 aliphatic carbocycles. The molecule has 6 nitrogen and oxygen atoms in total. The number of aliphatic hydroxyl groups excluding tert-OH is 1. The summed E-state index contributed by atoms with van der Waals surface area (Å²) in [6.45, 7) is 0. The summed E-state index contributed by atoms with van der Waals surface area (Å²) >= 11 is 0.779. The third-order valence-electron chi connectivity index (χ3n) is 1.49. The van der Waals surface area contributed by atoms with E-state index in [2.05, 4.69) is 0 Å². The second kappa shape index (κ2) is 4.16. The average molecular weight is 217 g/mol. The topological polar surface area (TPSA) is 101 Å². The number of hydrogen-bond donors (Lipinski definition) is 2. The molecule has 0 amide bonds. The van der Waals surface area contributed by atoms with Crippen molar-refractivity contribution >= 4 is 22.3 Å².